The molecule has 0 aliphatic carbocycles. The van der Waals surface area contributed by atoms with Crippen molar-refractivity contribution in [2.24, 2.45) is 0 Å². The van der Waals surface area contributed by atoms with Crippen LogP contribution in [-0.2, 0) is 11.3 Å². The zero-order valence-corrected chi connectivity index (χ0v) is 9.41. The highest BCUT2D eigenvalue weighted by Crippen LogP contribution is 2.23. The van der Waals surface area contributed by atoms with Crippen LogP contribution < -0.4 is 0 Å². The number of aromatic nitrogens is 1. The smallest absolute Gasteiger partial charge is 0.139 e. The molecule has 1 aromatic carbocycles. The molecule has 0 saturated heterocycles. The average molecular weight is 252 g/mol. The number of rotatable bonds is 2. The van der Waals surface area contributed by atoms with Gasteiger partial charge in [0.15, 0.2) is 0 Å². The number of fused-ring (bicyclic) bond motifs is 1. The summed E-state index contributed by atoms with van der Waals surface area (Å²) in [5.41, 5.74) is 2.23. The van der Waals surface area contributed by atoms with Crippen molar-refractivity contribution >= 4 is 33.1 Å². The van der Waals surface area contributed by atoms with Crippen LogP contribution in [0.2, 0.25) is 0 Å². The van der Waals surface area contributed by atoms with Crippen LogP contribution in [0.5, 0.6) is 0 Å². The maximum Gasteiger partial charge on any atom is 0.139 e. The molecule has 2 rings (SSSR count). The molecule has 0 N–H and O–H groups in total. The Bertz CT molecular complexity index is 487. The van der Waals surface area contributed by atoms with E-state index in [1.165, 1.54) is 5.39 Å². The number of carbonyl (C=O) groups excluding carboxylic acids is 1. The van der Waals surface area contributed by atoms with Crippen molar-refractivity contribution in [1.29, 1.82) is 0 Å². The van der Waals surface area contributed by atoms with Gasteiger partial charge in [0.05, 0.1) is 6.54 Å². The van der Waals surface area contributed by atoms with Crippen LogP contribution in [0.3, 0.4) is 0 Å². The van der Waals surface area contributed by atoms with Crippen LogP contribution in [0.15, 0.2) is 28.7 Å². The van der Waals surface area contributed by atoms with E-state index in [0.29, 0.717) is 6.54 Å². The molecule has 0 aliphatic rings. The third kappa shape index (κ3) is 1.48. The normalized spacial score (nSPS) is 10.7. The molecular formula is C11H10BrNO. The standard InChI is InChI=1S/C11H10BrNO/c1-8-6-9-7-10(12)2-3-11(9)13(8)4-5-14/h2-3,5-7H,4H2,1H3. The van der Waals surface area contributed by atoms with E-state index >= 15 is 0 Å². The molecular weight excluding hydrogens is 242 g/mol. The number of hydrogen-bond donors (Lipinski definition) is 0. The van der Waals surface area contributed by atoms with Crippen LogP contribution in [0.4, 0.5) is 0 Å². The van der Waals surface area contributed by atoms with Gasteiger partial charge in [-0.25, -0.2) is 0 Å². The number of hydrogen-bond acceptors (Lipinski definition) is 1. The number of halogens is 1. The molecule has 0 amide bonds. The second kappa shape index (κ2) is 3.58. The van der Waals surface area contributed by atoms with E-state index in [1.807, 2.05) is 23.6 Å². The predicted octanol–water partition coefficient (Wildman–Crippen LogP) is 2.91. The van der Waals surface area contributed by atoms with E-state index in [4.69, 9.17) is 0 Å². The number of carbonyl (C=O) groups is 1. The molecule has 1 heterocycles. The van der Waals surface area contributed by atoms with E-state index in [0.717, 1.165) is 22.0 Å². The van der Waals surface area contributed by atoms with Crippen molar-refractivity contribution in [3.63, 3.8) is 0 Å². The molecule has 2 nitrogen and oxygen atoms in total. The summed E-state index contributed by atoms with van der Waals surface area (Å²) in [5.74, 6) is 0. The van der Waals surface area contributed by atoms with Crippen molar-refractivity contribution in [3.05, 3.63) is 34.4 Å². The van der Waals surface area contributed by atoms with Gasteiger partial charge in [0.2, 0.25) is 0 Å². The fourth-order valence-corrected chi connectivity index (χ4v) is 2.08. The van der Waals surface area contributed by atoms with Gasteiger partial charge in [-0.2, -0.15) is 0 Å². The Morgan fingerprint density at radius 1 is 1.43 bits per heavy atom. The minimum Gasteiger partial charge on any atom is -0.338 e. The first-order valence-corrected chi connectivity index (χ1v) is 5.20. The van der Waals surface area contributed by atoms with Crippen molar-refractivity contribution in [2.75, 3.05) is 0 Å². The third-order valence-corrected chi connectivity index (χ3v) is 2.82. The van der Waals surface area contributed by atoms with Gasteiger partial charge in [0.1, 0.15) is 6.29 Å². The summed E-state index contributed by atoms with van der Waals surface area (Å²) in [7, 11) is 0. The molecule has 0 saturated carbocycles. The van der Waals surface area contributed by atoms with E-state index in [-0.39, 0.29) is 0 Å². The second-order valence-electron chi connectivity index (χ2n) is 3.27. The number of aryl methyl sites for hydroxylation is 1. The largest absolute Gasteiger partial charge is 0.338 e. The minimum atomic E-state index is 0.428. The lowest BCUT2D eigenvalue weighted by atomic mass is 10.2. The molecule has 14 heavy (non-hydrogen) atoms. The topological polar surface area (TPSA) is 22.0 Å². The Labute approximate surface area is 90.7 Å². The summed E-state index contributed by atoms with van der Waals surface area (Å²) in [6, 6.07) is 8.16. The summed E-state index contributed by atoms with van der Waals surface area (Å²) < 4.78 is 3.07. The molecule has 2 aromatic rings. The highest BCUT2D eigenvalue weighted by Gasteiger charge is 2.04. The van der Waals surface area contributed by atoms with E-state index < -0.39 is 0 Å². The van der Waals surface area contributed by atoms with E-state index in [2.05, 4.69) is 28.1 Å². The average Bonchev–Trinajstić information content (AvgIpc) is 2.43. The first-order valence-electron chi connectivity index (χ1n) is 4.41. The lowest BCUT2D eigenvalue weighted by Crippen LogP contribution is -1.99. The number of benzene rings is 1. The molecule has 0 spiro atoms. The first-order chi connectivity index (χ1) is 6.72. The van der Waals surface area contributed by atoms with Crippen LogP contribution >= 0.6 is 15.9 Å². The molecule has 1 aromatic heterocycles. The third-order valence-electron chi connectivity index (χ3n) is 2.33. The molecule has 72 valence electrons. The summed E-state index contributed by atoms with van der Waals surface area (Å²) in [6.07, 6.45) is 0.925. The highest BCUT2D eigenvalue weighted by molar-refractivity contribution is 9.10. The number of aldehydes is 1. The maximum absolute atomic E-state index is 10.5. The Balaban J connectivity index is 2.70. The van der Waals surface area contributed by atoms with Gasteiger partial charge in [-0.3, -0.25) is 0 Å². The fraction of sp³-hybridized carbons (Fsp3) is 0.182. The Morgan fingerprint density at radius 2 is 2.21 bits per heavy atom. The lowest BCUT2D eigenvalue weighted by Gasteiger charge is -2.02. The Kier molecular flexibility index (Phi) is 2.42. The molecule has 0 aliphatic heterocycles. The van der Waals surface area contributed by atoms with Crippen LogP contribution in [-0.4, -0.2) is 10.9 Å². The minimum absolute atomic E-state index is 0.428. The van der Waals surface area contributed by atoms with Crippen molar-refractivity contribution in [3.8, 4) is 0 Å². The van der Waals surface area contributed by atoms with Crippen LogP contribution in [0.25, 0.3) is 10.9 Å². The molecule has 0 bridgehead atoms. The summed E-state index contributed by atoms with van der Waals surface area (Å²) in [5, 5.41) is 1.17. The first kappa shape index (κ1) is 9.46. The van der Waals surface area contributed by atoms with Crippen molar-refractivity contribution in [2.45, 2.75) is 13.5 Å². The van der Waals surface area contributed by atoms with Crippen LogP contribution in [0, 0.1) is 6.92 Å². The number of nitrogens with zero attached hydrogens (tertiary/aromatic N) is 1. The van der Waals surface area contributed by atoms with Gasteiger partial charge in [-0.1, -0.05) is 15.9 Å². The van der Waals surface area contributed by atoms with Gasteiger partial charge in [0.25, 0.3) is 0 Å². The van der Waals surface area contributed by atoms with Crippen molar-refractivity contribution in [1.82, 2.24) is 4.57 Å². The zero-order chi connectivity index (χ0) is 10.1. The van der Waals surface area contributed by atoms with Gasteiger partial charge in [-0.05, 0) is 31.2 Å². The van der Waals surface area contributed by atoms with Crippen molar-refractivity contribution < 1.29 is 4.79 Å². The molecule has 0 unspecified atom stereocenters. The lowest BCUT2D eigenvalue weighted by molar-refractivity contribution is -0.108. The summed E-state index contributed by atoms with van der Waals surface area (Å²) >= 11 is 3.43. The maximum atomic E-state index is 10.5. The Hall–Kier alpha value is -1.09. The molecule has 0 radical (unpaired) electrons. The van der Waals surface area contributed by atoms with Gasteiger partial charge in [-0.15, -0.1) is 0 Å². The SMILES string of the molecule is Cc1cc2cc(Br)ccc2n1CC=O. The van der Waals surface area contributed by atoms with Gasteiger partial charge < -0.3 is 9.36 Å². The molecule has 0 atom stereocenters. The fourth-order valence-electron chi connectivity index (χ4n) is 1.70. The molecule has 0 fully saturated rings. The quantitative estimate of drug-likeness (QED) is 0.753. The zero-order valence-electron chi connectivity index (χ0n) is 7.83. The van der Waals surface area contributed by atoms with E-state index in [1.54, 1.807) is 0 Å². The molecule has 3 heteroatoms. The van der Waals surface area contributed by atoms with E-state index in [9.17, 15) is 4.79 Å². The van der Waals surface area contributed by atoms with Gasteiger partial charge in [0, 0.05) is 21.1 Å². The summed E-state index contributed by atoms with van der Waals surface area (Å²) in [4.78, 5) is 10.5. The van der Waals surface area contributed by atoms with Crippen LogP contribution in [0.1, 0.15) is 5.69 Å². The Morgan fingerprint density at radius 3 is 2.93 bits per heavy atom. The summed E-state index contributed by atoms with van der Waals surface area (Å²) in [6.45, 7) is 2.44. The van der Waals surface area contributed by atoms with Gasteiger partial charge >= 0.3 is 0 Å². The second-order valence-corrected chi connectivity index (χ2v) is 4.18. The monoisotopic (exact) mass is 251 g/mol. The predicted molar refractivity (Wildman–Crippen MR) is 60.4 cm³/mol. The highest BCUT2D eigenvalue weighted by atomic mass is 79.9.